The molecular formula is C17H21NO2. The fraction of sp³-hybridized carbons (Fsp3) is 0.412. The summed E-state index contributed by atoms with van der Waals surface area (Å²) in [5.41, 5.74) is 5.07. The highest BCUT2D eigenvalue weighted by Crippen LogP contribution is 2.50. The van der Waals surface area contributed by atoms with E-state index in [0.717, 1.165) is 5.75 Å². The molecule has 0 saturated carbocycles. The average Bonchev–Trinajstić information content (AvgIpc) is 2.89. The highest BCUT2D eigenvalue weighted by Gasteiger charge is 2.37. The molecule has 0 spiro atoms. The van der Waals surface area contributed by atoms with Crippen molar-refractivity contribution in [1.29, 1.82) is 0 Å². The fourth-order valence-corrected chi connectivity index (χ4v) is 3.25. The summed E-state index contributed by atoms with van der Waals surface area (Å²) < 4.78 is 7.51. The Labute approximate surface area is 119 Å². The number of nitrogens with zero attached hydrogens (tertiary/aromatic N) is 1. The maximum Gasteiger partial charge on any atom is 0.119 e. The molecule has 1 aliphatic rings. The Hall–Kier alpha value is -1.74. The summed E-state index contributed by atoms with van der Waals surface area (Å²) in [5.74, 6) is 0.872. The van der Waals surface area contributed by atoms with Gasteiger partial charge >= 0.3 is 0 Å². The van der Waals surface area contributed by atoms with E-state index in [9.17, 15) is 5.11 Å². The minimum absolute atomic E-state index is 0.000875. The van der Waals surface area contributed by atoms with Gasteiger partial charge < -0.3 is 14.4 Å². The Bertz CT molecular complexity index is 653. The molecule has 3 heteroatoms. The molecule has 0 bridgehead atoms. The van der Waals surface area contributed by atoms with Crippen LogP contribution in [-0.4, -0.2) is 22.9 Å². The summed E-state index contributed by atoms with van der Waals surface area (Å²) in [4.78, 5) is 0. The van der Waals surface area contributed by atoms with E-state index < -0.39 is 0 Å². The van der Waals surface area contributed by atoms with Gasteiger partial charge in [-0.2, -0.15) is 0 Å². The Balaban J connectivity index is 2.22. The van der Waals surface area contributed by atoms with Crippen LogP contribution in [0, 0.1) is 0 Å². The SMILES string of the molecule is COc1ccc2c(c1)-c1c(ccn1CC(C)O)C2(C)C. The number of ether oxygens (including phenoxy) is 1. The molecule has 3 nitrogen and oxygen atoms in total. The summed E-state index contributed by atoms with van der Waals surface area (Å²) in [5, 5.41) is 9.69. The van der Waals surface area contributed by atoms with Crippen molar-refractivity contribution in [2.24, 2.45) is 0 Å². The van der Waals surface area contributed by atoms with Crippen LogP contribution in [0.5, 0.6) is 5.75 Å². The van der Waals surface area contributed by atoms with Crippen LogP contribution in [0.1, 0.15) is 31.9 Å². The number of benzene rings is 1. The summed E-state index contributed by atoms with van der Waals surface area (Å²) in [7, 11) is 1.69. The fourth-order valence-electron chi connectivity index (χ4n) is 3.25. The quantitative estimate of drug-likeness (QED) is 0.930. The standard InChI is InChI=1S/C17H21NO2/c1-11(19)10-18-8-7-15-16(18)13-9-12(20-4)5-6-14(13)17(15,2)3/h5-9,11,19H,10H2,1-4H3. The molecule has 1 unspecified atom stereocenters. The van der Waals surface area contributed by atoms with Gasteiger partial charge in [-0.1, -0.05) is 19.9 Å². The molecule has 0 amide bonds. The highest BCUT2D eigenvalue weighted by atomic mass is 16.5. The summed E-state index contributed by atoms with van der Waals surface area (Å²) >= 11 is 0. The first kappa shape index (κ1) is 13.3. The van der Waals surface area contributed by atoms with E-state index in [0.29, 0.717) is 6.54 Å². The van der Waals surface area contributed by atoms with E-state index in [2.05, 4.69) is 42.8 Å². The lowest BCUT2D eigenvalue weighted by Gasteiger charge is -2.20. The topological polar surface area (TPSA) is 34.4 Å². The van der Waals surface area contributed by atoms with Crippen LogP contribution in [-0.2, 0) is 12.0 Å². The minimum atomic E-state index is -0.357. The molecule has 3 rings (SSSR count). The Kier molecular flexibility index (Phi) is 2.91. The van der Waals surface area contributed by atoms with Gasteiger partial charge in [-0.05, 0) is 36.2 Å². The number of hydrogen-bond acceptors (Lipinski definition) is 2. The molecule has 0 saturated heterocycles. The van der Waals surface area contributed by atoms with Crippen LogP contribution < -0.4 is 4.74 Å². The number of rotatable bonds is 3. The van der Waals surface area contributed by atoms with E-state index in [1.54, 1.807) is 7.11 Å². The van der Waals surface area contributed by atoms with Crippen molar-refractivity contribution >= 4 is 0 Å². The van der Waals surface area contributed by atoms with Gasteiger partial charge in [0.1, 0.15) is 5.75 Å². The van der Waals surface area contributed by atoms with Gasteiger partial charge in [-0.3, -0.25) is 0 Å². The molecule has 1 aromatic heterocycles. The Morgan fingerprint density at radius 3 is 2.65 bits per heavy atom. The van der Waals surface area contributed by atoms with Crippen molar-refractivity contribution in [3.8, 4) is 17.0 Å². The number of fused-ring (bicyclic) bond motifs is 3. The molecule has 0 radical (unpaired) electrons. The second-order valence-electron chi connectivity index (χ2n) is 6.12. The maximum absolute atomic E-state index is 9.69. The van der Waals surface area contributed by atoms with Crippen molar-refractivity contribution in [1.82, 2.24) is 4.57 Å². The number of hydrogen-bond donors (Lipinski definition) is 1. The monoisotopic (exact) mass is 271 g/mol. The van der Waals surface area contributed by atoms with Gasteiger partial charge in [0.05, 0.1) is 18.9 Å². The second-order valence-corrected chi connectivity index (χ2v) is 6.12. The first-order valence-electron chi connectivity index (χ1n) is 7.01. The predicted molar refractivity (Wildman–Crippen MR) is 80.2 cm³/mol. The first-order chi connectivity index (χ1) is 9.45. The molecule has 0 aliphatic heterocycles. The third-order valence-electron chi connectivity index (χ3n) is 4.25. The lowest BCUT2D eigenvalue weighted by atomic mass is 9.83. The average molecular weight is 271 g/mol. The second kappa shape index (κ2) is 4.38. The zero-order valence-corrected chi connectivity index (χ0v) is 12.5. The largest absolute Gasteiger partial charge is 0.497 e. The highest BCUT2D eigenvalue weighted by molar-refractivity contribution is 5.79. The third kappa shape index (κ3) is 1.77. The molecule has 1 atom stereocenters. The van der Waals surface area contributed by atoms with Crippen molar-refractivity contribution in [3.63, 3.8) is 0 Å². The van der Waals surface area contributed by atoms with Gasteiger partial charge in [0.2, 0.25) is 0 Å². The van der Waals surface area contributed by atoms with Crippen LogP contribution in [0.2, 0.25) is 0 Å². The van der Waals surface area contributed by atoms with E-state index in [1.807, 2.05) is 13.0 Å². The smallest absolute Gasteiger partial charge is 0.119 e. The van der Waals surface area contributed by atoms with Crippen LogP contribution >= 0.6 is 0 Å². The summed E-state index contributed by atoms with van der Waals surface area (Å²) in [6, 6.07) is 8.44. The first-order valence-corrected chi connectivity index (χ1v) is 7.01. The molecule has 1 heterocycles. The molecule has 1 aliphatic carbocycles. The van der Waals surface area contributed by atoms with Gasteiger partial charge in [0.15, 0.2) is 0 Å². The van der Waals surface area contributed by atoms with Crippen molar-refractivity contribution < 1.29 is 9.84 Å². The van der Waals surface area contributed by atoms with Crippen LogP contribution in [0.25, 0.3) is 11.3 Å². The number of methoxy groups -OCH3 is 1. The molecule has 0 fully saturated rings. The third-order valence-corrected chi connectivity index (χ3v) is 4.25. The molecule has 20 heavy (non-hydrogen) atoms. The van der Waals surface area contributed by atoms with E-state index in [1.165, 1.54) is 22.4 Å². The zero-order chi connectivity index (χ0) is 14.5. The molecular weight excluding hydrogens is 250 g/mol. The normalized spacial score (nSPS) is 16.6. The van der Waals surface area contributed by atoms with Gasteiger partial charge in [0, 0.05) is 23.7 Å². The minimum Gasteiger partial charge on any atom is -0.497 e. The number of aliphatic hydroxyl groups excluding tert-OH is 1. The number of aromatic nitrogens is 1. The van der Waals surface area contributed by atoms with Crippen LogP contribution in [0.4, 0.5) is 0 Å². The molecule has 1 aromatic carbocycles. The Morgan fingerprint density at radius 1 is 1.25 bits per heavy atom. The van der Waals surface area contributed by atoms with Crippen molar-refractivity contribution in [3.05, 3.63) is 41.6 Å². The lowest BCUT2D eigenvalue weighted by Crippen LogP contribution is -2.14. The van der Waals surface area contributed by atoms with Crippen LogP contribution in [0.3, 0.4) is 0 Å². The molecule has 1 N–H and O–H groups in total. The van der Waals surface area contributed by atoms with Crippen molar-refractivity contribution in [2.75, 3.05) is 7.11 Å². The van der Waals surface area contributed by atoms with Crippen molar-refractivity contribution in [2.45, 2.75) is 38.8 Å². The van der Waals surface area contributed by atoms with Crippen LogP contribution in [0.15, 0.2) is 30.5 Å². The van der Waals surface area contributed by atoms with E-state index in [-0.39, 0.29) is 11.5 Å². The summed E-state index contributed by atoms with van der Waals surface area (Å²) in [6.45, 7) is 6.93. The maximum atomic E-state index is 9.69. The summed E-state index contributed by atoms with van der Waals surface area (Å²) in [6.07, 6.45) is 1.71. The lowest BCUT2D eigenvalue weighted by molar-refractivity contribution is 0.174. The molecule has 2 aromatic rings. The zero-order valence-electron chi connectivity index (χ0n) is 12.5. The van der Waals surface area contributed by atoms with Gasteiger partial charge in [-0.25, -0.2) is 0 Å². The number of aliphatic hydroxyl groups is 1. The predicted octanol–water partition coefficient (Wildman–Crippen LogP) is 3.18. The van der Waals surface area contributed by atoms with Gasteiger partial charge in [0.25, 0.3) is 0 Å². The van der Waals surface area contributed by atoms with E-state index in [4.69, 9.17) is 4.74 Å². The molecule has 106 valence electrons. The van der Waals surface area contributed by atoms with E-state index >= 15 is 0 Å². The Morgan fingerprint density at radius 2 is 2.00 bits per heavy atom. The van der Waals surface area contributed by atoms with Gasteiger partial charge in [-0.15, -0.1) is 0 Å².